The summed E-state index contributed by atoms with van der Waals surface area (Å²) in [6, 6.07) is 14.6. The molecule has 0 bridgehead atoms. The Morgan fingerprint density at radius 1 is 0.920 bits per heavy atom. The molecule has 0 spiro atoms. The molecule has 0 saturated heterocycles. The van der Waals surface area contributed by atoms with Gasteiger partial charge in [-0.25, -0.2) is 9.97 Å². The summed E-state index contributed by atoms with van der Waals surface area (Å²) >= 11 is 0. The molecule has 1 aromatic heterocycles. The number of aliphatic hydroxyl groups is 1. The molecule has 124 valence electrons. The van der Waals surface area contributed by atoms with Crippen molar-refractivity contribution in [3.8, 4) is 5.75 Å². The Morgan fingerprint density at radius 2 is 1.52 bits per heavy atom. The monoisotopic (exact) mass is 333 g/mol. The van der Waals surface area contributed by atoms with Crippen LogP contribution >= 0.6 is 0 Å². The van der Waals surface area contributed by atoms with E-state index in [1.807, 2.05) is 36.4 Å². The molecule has 0 fully saturated rings. The van der Waals surface area contributed by atoms with Crippen LogP contribution in [0.4, 0.5) is 0 Å². The fraction of sp³-hybridized carbons (Fsp3) is 0.105. The quantitative estimate of drug-likeness (QED) is 0.395. The van der Waals surface area contributed by atoms with Crippen LogP contribution in [0.1, 0.15) is 10.4 Å². The van der Waals surface area contributed by atoms with E-state index in [1.54, 1.807) is 12.1 Å². The Bertz CT molecular complexity index is 1130. The number of aromatic nitrogens is 2. The Balaban J connectivity index is 2.14. The van der Waals surface area contributed by atoms with Crippen LogP contribution in [0.25, 0.3) is 32.8 Å². The van der Waals surface area contributed by atoms with Crippen molar-refractivity contribution in [3.63, 3.8) is 0 Å². The van der Waals surface area contributed by atoms with Gasteiger partial charge in [0.1, 0.15) is 16.8 Å². The highest BCUT2D eigenvalue weighted by Crippen LogP contribution is 2.36. The molecule has 4 aromatic rings. The van der Waals surface area contributed by atoms with Gasteiger partial charge in [0.2, 0.25) is 0 Å². The average Bonchev–Trinajstić information content (AvgIpc) is 2.65. The van der Waals surface area contributed by atoms with Gasteiger partial charge in [0.15, 0.2) is 0 Å². The number of nitrogens with zero attached hydrogens (tertiary/aromatic N) is 2. The van der Waals surface area contributed by atoms with E-state index in [-0.39, 0.29) is 24.5 Å². The lowest BCUT2D eigenvalue weighted by atomic mass is 10.0. The number of rotatable bonds is 3. The molecule has 6 nitrogen and oxygen atoms in total. The average molecular weight is 333 g/mol. The van der Waals surface area contributed by atoms with Gasteiger partial charge in [-0.3, -0.25) is 4.79 Å². The molecule has 0 aliphatic carbocycles. The zero-order chi connectivity index (χ0) is 17.4. The van der Waals surface area contributed by atoms with E-state index in [9.17, 15) is 9.90 Å². The molecule has 0 saturated carbocycles. The first-order chi connectivity index (χ1) is 12.2. The molecule has 25 heavy (non-hydrogen) atoms. The molecule has 6 heteroatoms. The first-order valence-electron chi connectivity index (χ1n) is 7.90. The lowest BCUT2D eigenvalue weighted by molar-refractivity contribution is 0.0944. The third kappa shape index (κ3) is 2.43. The maximum Gasteiger partial charge on any atom is 0.257 e. The number of nitrogens with one attached hydrogen (secondary N) is 1. The van der Waals surface area contributed by atoms with Crippen LogP contribution in [0.5, 0.6) is 5.75 Å². The van der Waals surface area contributed by atoms with E-state index >= 15 is 0 Å². The van der Waals surface area contributed by atoms with Crippen molar-refractivity contribution in [2.75, 3.05) is 13.2 Å². The number of aliphatic hydroxyl groups excluding tert-OH is 1. The molecule has 0 radical (unpaired) electrons. The summed E-state index contributed by atoms with van der Waals surface area (Å²) in [5.74, 6) is -0.630. The van der Waals surface area contributed by atoms with E-state index in [0.29, 0.717) is 27.5 Å². The summed E-state index contributed by atoms with van der Waals surface area (Å²) in [4.78, 5) is 21.8. The largest absolute Gasteiger partial charge is 0.506 e. The summed E-state index contributed by atoms with van der Waals surface area (Å²) in [6.07, 6.45) is 0. The molecule has 3 N–H and O–H groups in total. The third-order valence-electron chi connectivity index (χ3n) is 4.11. The second-order valence-corrected chi connectivity index (χ2v) is 5.66. The number of para-hydroxylation sites is 2. The molecular weight excluding hydrogens is 318 g/mol. The van der Waals surface area contributed by atoms with Crippen molar-refractivity contribution >= 4 is 38.7 Å². The Hall–Kier alpha value is -3.25. The Morgan fingerprint density at radius 3 is 2.20 bits per heavy atom. The van der Waals surface area contributed by atoms with Gasteiger partial charge < -0.3 is 15.5 Å². The van der Waals surface area contributed by atoms with Gasteiger partial charge in [-0.1, -0.05) is 36.4 Å². The van der Waals surface area contributed by atoms with Gasteiger partial charge >= 0.3 is 0 Å². The van der Waals surface area contributed by atoms with Crippen molar-refractivity contribution in [3.05, 3.63) is 54.1 Å². The van der Waals surface area contributed by atoms with E-state index in [0.717, 1.165) is 5.39 Å². The molecule has 0 aliphatic heterocycles. The Kier molecular flexibility index (Phi) is 3.66. The van der Waals surface area contributed by atoms with Crippen molar-refractivity contribution < 1.29 is 15.0 Å². The number of aromatic hydroxyl groups is 1. The van der Waals surface area contributed by atoms with E-state index in [1.165, 1.54) is 0 Å². The predicted octanol–water partition coefficient (Wildman–Crippen LogP) is 2.36. The maximum atomic E-state index is 12.6. The summed E-state index contributed by atoms with van der Waals surface area (Å²) in [6.45, 7) is -0.0970. The van der Waals surface area contributed by atoms with Gasteiger partial charge in [-0.15, -0.1) is 0 Å². The van der Waals surface area contributed by atoms with E-state index < -0.39 is 5.91 Å². The lowest BCUT2D eigenvalue weighted by Gasteiger charge is -2.13. The van der Waals surface area contributed by atoms with Crippen molar-refractivity contribution in [1.29, 1.82) is 0 Å². The van der Waals surface area contributed by atoms with Crippen LogP contribution in [-0.4, -0.2) is 39.2 Å². The highest BCUT2D eigenvalue weighted by atomic mass is 16.3. The van der Waals surface area contributed by atoms with Gasteiger partial charge in [-0.05, 0) is 12.1 Å². The van der Waals surface area contributed by atoms with Crippen molar-refractivity contribution in [2.45, 2.75) is 0 Å². The highest BCUT2D eigenvalue weighted by Gasteiger charge is 2.21. The number of hydrogen-bond donors (Lipinski definition) is 3. The minimum Gasteiger partial charge on any atom is -0.506 e. The summed E-state index contributed by atoms with van der Waals surface area (Å²) in [5.41, 5.74) is 2.32. The zero-order valence-corrected chi connectivity index (χ0v) is 13.2. The predicted molar refractivity (Wildman–Crippen MR) is 95.6 cm³/mol. The first-order valence-corrected chi connectivity index (χ1v) is 7.90. The summed E-state index contributed by atoms with van der Waals surface area (Å²) in [7, 11) is 0. The number of hydrogen-bond acceptors (Lipinski definition) is 5. The number of phenolic OH excluding ortho intramolecular Hbond substituents is 1. The van der Waals surface area contributed by atoms with E-state index in [2.05, 4.69) is 15.3 Å². The number of carbonyl (C=O) groups is 1. The molecular formula is C19H15N3O3. The van der Waals surface area contributed by atoms with Crippen LogP contribution in [0.15, 0.2) is 48.5 Å². The minimum atomic E-state index is -0.494. The van der Waals surface area contributed by atoms with Crippen molar-refractivity contribution in [1.82, 2.24) is 15.3 Å². The number of benzene rings is 3. The fourth-order valence-electron chi connectivity index (χ4n) is 2.98. The number of amides is 1. The molecule has 3 aromatic carbocycles. The van der Waals surface area contributed by atoms with Crippen LogP contribution in [-0.2, 0) is 0 Å². The van der Waals surface area contributed by atoms with Crippen LogP contribution in [0, 0.1) is 0 Å². The van der Waals surface area contributed by atoms with Crippen LogP contribution < -0.4 is 5.32 Å². The van der Waals surface area contributed by atoms with Gasteiger partial charge in [0, 0.05) is 17.3 Å². The number of carbonyl (C=O) groups excluding carboxylic acids is 1. The normalized spacial score (nSPS) is 11.2. The second kappa shape index (κ2) is 5.99. The third-order valence-corrected chi connectivity index (χ3v) is 4.11. The highest BCUT2D eigenvalue weighted by molar-refractivity contribution is 6.19. The maximum absolute atomic E-state index is 12.6. The summed E-state index contributed by atoms with van der Waals surface area (Å²) in [5, 5.41) is 23.5. The van der Waals surface area contributed by atoms with Gasteiger partial charge in [-0.2, -0.15) is 0 Å². The number of phenols is 1. The van der Waals surface area contributed by atoms with Crippen LogP contribution in [0.2, 0.25) is 0 Å². The standard InChI is InChI=1S/C19H15N3O3/c23-10-9-20-19(25)15-17-16(11-5-1-2-6-12(11)18(15)24)21-13-7-3-4-8-14(13)22-17/h1-8,23-24H,9-10H2,(H,20,25). The summed E-state index contributed by atoms with van der Waals surface area (Å²) < 4.78 is 0. The van der Waals surface area contributed by atoms with E-state index in [4.69, 9.17) is 5.11 Å². The molecule has 4 rings (SSSR count). The smallest absolute Gasteiger partial charge is 0.257 e. The minimum absolute atomic E-state index is 0.0698. The van der Waals surface area contributed by atoms with Gasteiger partial charge in [0.25, 0.3) is 5.91 Å². The zero-order valence-electron chi connectivity index (χ0n) is 13.2. The SMILES string of the molecule is O=C(NCCO)c1c(O)c2ccccc2c2nc3ccccc3nc12. The first kappa shape index (κ1) is 15.3. The molecule has 0 unspecified atom stereocenters. The van der Waals surface area contributed by atoms with Crippen molar-refractivity contribution in [2.24, 2.45) is 0 Å². The molecule has 0 aliphatic rings. The Labute approximate surface area is 142 Å². The molecule has 1 amide bonds. The van der Waals surface area contributed by atoms with Gasteiger partial charge in [0.05, 0.1) is 23.2 Å². The fourth-order valence-corrected chi connectivity index (χ4v) is 2.98. The molecule has 0 atom stereocenters. The second-order valence-electron chi connectivity index (χ2n) is 5.66. The van der Waals surface area contributed by atoms with Crippen LogP contribution in [0.3, 0.4) is 0 Å². The lowest BCUT2D eigenvalue weighted by Crippen LogP contribution is -2.27. The number of fused-ring (bicyclic) bond motifs is 4. The molecule has 1 heterocycles. The topological polar surface area (TPSA) is 95.3 Å².